The van der Waals surface area contributed by atoms with E-state index in [0.717, 1.165) is 0 Å². The van der Waals surface area contributed by atoms with Gasteiger partial charge in [-0.3, -0.25) is 14.4 Å². The Morgan fingerprint density at radius 3 is 2.62 bits per heavy atom. The predicted octanol–water partition coefficient (Wildman–Crippen LogP) is 2.46. The highest BCUT2D eigenvalue weighted by molar-refractivity contribution is 6.05. The van der Waals surface area contributed by atoms with Crippen LogP contribution in [0.4, 0.5) is 5.69 Å². The molecule has 3 atom stereocenters. The van der Waals surface area contributed by atoms with Crippen LogP contribution in [0.15, 0.2) is 42.5 Å². The molecule has 2 aromatic rings. The van der Waals surface area contributed by atoms with Crippen molar-refractivity contribution in [3.8, 4) is 11.5 Å². The average Bonchev–Trinajstić information content (AvgIpc) is 2.86. The van der Waals surface area contributed by atoms with Crippen molar-refractivity contribution in [2.24, 2.45) is 0 Å². The predicted molar refractivity (Wildman–Crippen MR) is 125 cm³/mol. The number of likely N-dealkylation sites (N-methyl/N-ethyl adjacent to an activating group) is 1. The highest BCUT2D eigenvalue weighted by atomic mass is 16.5. The van der Waals surface area contributed by atoms with E-state index < -0.39 is 0 Å². The summed E-state index contributed by atoms with van der Waals surface area (Å²) in [6.45, 7) is 0.261. The molecule has 0 aliphatic carbocycles. The second kappa shape index (κ2) is 10.1. The van der Waals surface area contributed by atoms with E-state index in [1.807, 2.05) is 0 Å². The van der Waals surface area contributed by atoms with Crippen LogP contribution in [0.5, 0.6) is 11.5 Å². The van der Waals surface area contributed by atoms with E-state index in [1.165, 1.54) is 0 Å². The van der Waals surface area contributed by atoms with Gasteiger partial charge in [-0.25, -0.2) is 0 Å². The molecule has 0 spiro atoms. The summed E-state index contributed by atoms with van der Waals surface area (Å²) in [5.41, 5.74) is 1.34. The van der Waals surface area contributed by atoms with Crippen molar-refractivity contribution >= 4 is 23.4 Å². The van der Waals surface area contributed by atoms with Crippen molar-refractivity contribution in [1.82, 2.24) is 10.2 Å². The number of benzene rings is 2. The third-order valence-corrected chi connectivity index (χ3v) is 6.31. The molecule has 2 N–H and O–H groups in total. The number of carbonyl (C=O) groups is 3. The zero-order valence-corrected chi connectivity index (χ0v) is 19.5. The van der Waals surface area contributed by atoms with Crippen molar-refractivity contribution in [2.45, 2.75) is 37.5 Å². The molecule has 1 fully saturated rings. The number of fused-ring (bicyclic) bond motifs is 2. The van der Waals surface area contributed by atoms with Crippen LogP contribution >= 0.6 is 0 Å². The lowest BCUT2D eigenvalue weighted by atomic mass is 9.94. The van der Waals surface area contributed by atoms with Crippen LogP contribution in [0.2, 0.25) is 0 Å². The Kier molecular flexibility index (Phi) is 7.02. The molecule has 4 rings (SSSR count). The topological polar surface area (TPSA) is 106 Å². The van der Waals surface area contributed by atoms with Crippen molar-refractivity contribution < 1.29 is 28.6 Å². The van der Waals surface area contributed by atoms with Gasteiger partial charge >= 0.3 is 0 Å². The molecule has 0 bridgehead atoms. The summed E-state index contributed by atoms with van der Waals surface area (Å²) in [6.07, 6.45) is 1.13. The van der Waals surface area contributed by atoms with Crippen LogP contribution in [0.1, 0.15) is 40.0 Å². The van der Waals surface area contributed by atoms with Gasteiger partial charge in [0.15, 0.2) is 0 Å². The molecule has 2 heterocycles. The van der Waals surface area contributed by atoms with E-state index in [0.29, 0.717) is 41.2 Å². The molecule has 9 nitrogen and oxygen atoms in total. The number of amides is 3. The molecule has 34 heavy (non-hydrogen) atoms. The first-order valence-electron chi connectivity index (χ1n) is 11.2. The number of ether oxygens (including phenoxy) is 3. The lowest BCUT2D eigenvalue weighted by Gasteiger charge is -2.42. The molecular formula is C25H29N3O6. The minimum absolute atomic E-state index is 0.0748. The number of carbonyl (C=O) groups excluding carboxylic acids is 3. The van der Waals surface area contributed by atoms with Gasteiger partial charge in [0.2, 0.25) is 5.91 Å². The minimum Gasteiger partial charge on any atom is -0.497 e. The van der Waals surface area contributed by atoms with Crippen LogP contribution in [0, 0.1) is 0 Å². The molecule has 2 aliphatic heterocycles. The van der Waals surface area contributed by atoms with Crippen LogP contribution in [-0.2, 0) is 9.53 Å². The molecule has 9 heteroatoms. The third-order valence-electron chi connectivity index (χ3n) is 6.31. The highest BCUT2D eigenvalue weighted by Crippen LogP contribution is 2.32. The first-order chi connectivity index (χ1) is 16.4. The van der Waals surface area contributed by atoms with Gasteiger partial charge in [0.25, 0.3) is 11.8 Å². The Balaban J connectivity index is 1.50. The standard InChI is InChI=1S/C25H29N3O6/c1-26-23(29)13-18-9-10-20-22(34-18)14-33-21-11-6-16(12-19(21)25(31)28(20)2)27-24(30)15-4-7-17(32-3)8-5-15/h4-8,11-12,18,20,22H,9-10,13-14H2,1-3H3,(H,26,29)(H,27,30)/t18-,20-,22+/m0/s1. The molecule has 2 aromatic carbocycles. The number of nitrogens with one attached hydrogen (secondary N) is 2. The summed E-state index contributed by atoms with van der Waals surface area (Å²) in [5, 5.41) is 5.45. The molecular weight excluding hydrogens is 438 g/mol. The summed E-state index contributed by atoms with van der Waals surface area (Å²) in [7, 11) is 4.91. The maximum atomic E-state index is 13.3. The van der Waals surface area contributed by atoms with E-state index in [-0.39, 0.29) is 49.0 Å². The van der Waals surface area contributed by atoms with Gasteiger partial charge < -0.3 is 29.7 Å². The van der Waals surface area contributed by atoms with Gasteiger partial charge in [-0.2, -0.15) is 0 Å². The van der Waals surface area contributed by atoms with Gasteiger partial charge in [0, 0.05) is 25.3 Å². The molecule has 180 valence electrons. The molecule has 1 saturated heterocycles. The van der Waals surface area contributed by atoms with Gasteiger partial charge in [-0.05, 0) is 55.3 Å². The Bertz CT molecular complexity index is 1070. The Labute approximate surface area is 198 Å². The van der Waals surface area contributed by atoms with Crippen LogP contribution < -0.4 is 20.1 Å². The van der Waals surface area contributed by atoms with Crippen LogP contribution in [0.25, 0.3) is 0 Å². The maximum absolute atomic E-state index is 13.3. The van der Waals surface area contributed by atoms with Crippen molar-refractivity contribution in [3.63, 3.8) is 0 Å². The summed E-state index contributed by atoms with van der Waals surface area (Å²) in [4.78, 5) is 39.4. The summed E-state index contributed by atoms with van der Waals surface area (Å²) >= 11 is 0. The number of methoxy groups -OCH3 is 1. The molecule has 3 amide bonds. The first kappa shape index (κ1) is 23.6. The Hall–Kier alpha value is -3.59. The lowest BCUT2D eigenvalue weighted by Crippen LogP contribution is -2.53. The number of hydrogen-bond acceptors (Lipinski definition) is 6. The maximum Gasteiger partial charge on any atom is 0.257 e. The SMILES string of the molecule is CNC(=O)C[C@@H]1CC[C@H]2[C@@H](COc3ccc(NC(=O)c4ccc(OC)cc4)cc3C(=O)N2C)O1. The van der Waals surface area contributed by atoms with Gasteiger partial charge in [-0.15, -0.1) is 0 Å². The van der Waals surface area contributed by atoms with Gasteiger partial charge in [0.05, 0.1) is 31.2 Å². The lowest BCUT2D eigenvalue weighted by molar-refractivity contribution is -0.133. The minimum atomic E-state index is -0.333. The van der Waals surface area contributed by atoms with Crippen LogP contribution in [-0.4, -0.2) is 68.7 Å². The van der Waals surface area contributed by atoms with Crippen molar-refractivity contribution in [3.05, 3.63) is 53.6 Å². The molecule has 0 aromatic heterocycles. The molecule has 2 aliphatic rings. The quantitative estimate of drug-likeness (QED) is 0.700. The summed E-state index contributed by atoms with van der Waals surface area (Å²) in [5.74, 6) is 0.508. The fourth-order valence-corrected chi connectivity index (χ4v) is 4.36. The smallest absolute Gasteiger partial charge is 0.257 e. The second-order valence-electron chi connectivity index (χ2n) is 8.44. The van der Waals surface area contributed by atoms with E-state index >= 15 is 0 Å². The van der Waals surface area contributed by atoms with E-state index in [9.17, 15) is 14.4 Å². The number of nitrogens with zero attached hydrogens (tertiary/aromatic N) is 1. The van der Waals surface area contributed by atoms with Crippen molar-refractivity contribution in [1.29, 1.82) is 0 Å². The summed E-state index contributed by atoms with van der Waals surface area (Å²) in [6, 6.07) is 11.6. The largest absolute Gasteiger partial charge is 0.497 e. The average molecular weight is 468 g/mol. The van der Waals surface area contributed by atoms with Gasteiger partial charge in [0.1, 0.15) is 24.2 Å². The van der Waals surface area contributed by atoms with Gasteiger partial charge in [-0.1, -0.05) is 0 Å². The van der Waals surface area contributed by atoms with E-state index in [1.54, 1.807) is 68.6 Å². The van der Waals surface area contributed by atoms with E-state index in [2.05, 4.69) is 10.6 Å². The zero-order valence-electron chi connectivity index (χ0n) is 19.5. The monoisotopic (exact) mass is 467 g/mol. The fourth-order valence-electron chi connectivity index (χ4n) is 4.36. The number of hydrogen-bond donors (Lipinski definition) is 2. The number of anilines is 1. The van der Waals surface area contributed by atoms with Crippen LogP contribution in [0.3, 0.4) is 0 Å². The Morgan fingerprint density at radius 1 is 1.15 bits per heavy atom. The fraction of sp³-hybridized carbons (Fsp3) is 0.400. The molecule has 0 radical (unpaired) electrons. The van der Waals surface area contributed by atoms with E-state index in [4.69, 9.17) is 14.2 Å². The zero-order chi connectivity index (χ0) is 24.2. The number of rotatable bonds is 5. The third kappa shape index (κ3) is 4.99. The second-order valence-corrected chi connectivity index (χ2v) is 8.44. The summed E-state index contributed by atoms with van der Waals surface area (Å²) < 4.78 is 17.2. The highest BCUT2D eigenvalue weighted by Gasteiger charge is 2.39. The normalized spacial score (nSPS) is 21.8. The molecule has 0 saturated carbocycles. The molecule has 0 unspecified atom stereocenters. The van der Waals surface area contributed by atoms with Crippen molar-refractivity contribution in [2.75, 3.05) is 33.1 Å². The Morgan fingerprint density at radius 2 is 1.91 bits per heavy atom. The first-order valence-corrected chi connectivity index (χ1v) is 11.2.